The fourth-order valence-electron chi connectivity index (χ4n) is 1.60. The normalized spacial score (nSPS) is 13.8. The second-order valence-corrected chi connectivity index (χ2v) is 7.36. The summed E-state index contributed by atoms with van der Waals surface area (Å²) in [6.07, 6.45) is 0.176. The third-order valence-corrected chi connectivity index (χ3v) is 3.90. The van der Waals surface area contributed by atoms with Crippen molar-refractivity contribution in [2.45, 2.75) is 52.7 Å². The lowest BCUT2D eigenvalue weighted by Crippen LogP contribution is -2.45. The minimum absolute atomic E-state index is 0.129. The Morgan fingerprint density at radius 3 is 2.35 bits per heavy atom. The van der Waals surface area contributed by atoms with Gasteiger partial charge < -0.3 is 20.5 Å². The Morgan fingerprint density at radius 1 is 1.26 bits per heavy atom. The quantitative estimate of drug-likeness (QED) is 0.549. The van der Waals surface area contributed by atoms with Gasteiger partial charge in [0.1, 0.15) is 11.6 Å². The smallest absolute Gasteiger partial charge is 0.407 e. The summed E-state index contributed by atoms with van der Waals surface area (Å²) in [5.41, 5.74) is -0.543. The van der Waals surface area contributed by atoms with Crippen molar-refractivity contribution in [2.24, 2.45) is 5.92 Å². The highest BCUT2D eigenvalue weighted by atomic mass is 32.2. The number of thioether (sulfide) groups is 1. The first kappa shape index (κ1) is 21.6. The van der Waals surface area contributed by atoms with E-state index < -0.39 is 23.7 Å². The van der Waals surface area contributed by atoms with Crippen LogP contribution in [0.15, 0.2) is 0 Å². The minimum atomic E-state index is -1.02. The Kier molecular flexibility index (Phi) is 9.71. The number of carboxylic acid groups (broad SMARTS) is 1. The van der Waals surface area contributed by atoms with Gasteiger partial charge in [-0.3, -0.25) is 4.79 Å². The third-order valence-electron chi connectivity index (χ3n) is 2.94. The molecule has 3 N–H and O–H groups in total. The first-order chi connectivity index (χ1) is 10.6. The zero-order valence-electron chi connectivity index (χ0n) is 14.5. The molecular formula is C15H28N2O5S. The van der Waals surface area contributed by atoms with Gasteiger partial charge in [0.2, 0.25) is 5.91 Å². The Bertz CT molecular complexity index is 409. The summed E-state index contributed by atoms with van der Waals surface area (Å²) in [5, 5.41) is 14.2. The van der Waals surface area contributed by atoms with Gasteiger partial charge in [0.15, 0.2) is 0 Å². The summed E-state index contributed by atoms with van der Waals surface area (Å²) in [5.74, 6) is -0.788. The molecule has 7 nitrogen and oxygen atoms in total. The summed E-state index contributed by atoms with van der Waals surface area (Å²) in [4.78, 5) is 34.3. The van der Waals surface area contributed by atoms with E-state index in [0.29, 0.717) is 18.7 Å². The van der Waals surface area contributed by atoms with Crippen LogP contribution in [0.5, 0.6) is 0 Å². The fraction of sp³-hybridized carbons (Fsp3) is 0.800. The number of carbonyl (C=O) groups is 3. The van der Waals surface area contributed by atoms with Crippen molar-refractivity contribution >= 4 is 29.7 Å². The van der Waals surface area contributed by atoms with Crippen molar-refractivity contribution in [3.63, 3.8) is 0 Å². The lowest BCUT2D eigenvalue weighted by atomic mass is 9.99. The van der Waals surface area contributed by atoms with Crippen LogP contribution in [0.3, 0.4) is 0 Å². The first-order valence-electron chi connectivity index (χ1n) is 7.63. The van der Waals surface area contributed by atoms with Gasteiger partial charge in [-0.1, -0.05) is 20.3 Å². The van der Waals surface area contributed by atoms with Crippen LogP contribution in [-0.2, 0) is 14.3 Å². The highest BCUT2D eigenvalue weighted by molar-refractivity contribution is 7.99. The van der Waals surface area contributed by atoms with Gasteiger partial charge in [-0.15, -0.1) is 0 Å². The zero-order valence-corrected chi connectivity index (χ0v) is 15.3. The SMILES string of the molecule is CCC(C)C(NC(=O)CSCCNC(=O)OC(C)(C)C)C(=O)O. The van der Waals surface area contributed by atoms with E-state index in [1.165, 1.54) is 11.8 Å². The molecular weight excluding hydrogens is 320 g/mol. The molecule has 0 aliphatic carbocycles. The van der Waals surface area contributed by atoms with Crippen molar-refractivity contribution < 1.29 is 24.2 Å². The molecule has 0 aliphatic rings. The Hall–Kier alpha value is -1.44. The van der Waals surface area contributed by atoms with Gasteiger partial charge in [0.05, 0.1) is 5.75 Å². The van der Waals surface area contributed by atoms with Crippen LogP contribution in [0.2, 0.25) is 0 Å². The van der Waals surface area contributed by atoms with Gasteiger partial charge in [-0.2, -0.15) is 11.8 Å². The van der Waals surface area contributed by atoms with Crippen molar-refractivity contribution in [2.75, 3.05) is 18.1 Å². The molecule has 0 rings (SSSR count). The van der Waals surface area contributed by atoms with Crippen LogP contribution >= 0.6 is 11.8 Å². The largest absolute Gasteiger partial charge is 0.480 e. The number of amides is 2. The summed E-state index contributed by atoms with van der Waals surface area (Å²) < 4.78 is 5.08. The molecule has 0 aromatic carbocycles. The van der Waals surface area contributed by atoms with E-state index in [0.717, 1.165) is 0 Å². The Morgan fingerprint density at radius 2 is 1.87 bits per heavy atom. The van der Waals surface area contributed by atoms with Crippen LogP contribution in [0.4, 0.5) is 4.79 Å². The number of ether oxygens (including phenoxy) is 1. The number of hydrogen-bond acceptors (Lipinski definition) is 5. The molecule has 2 unspecified atom stereocenters. The average molecular weight is 348 g/mol. The highest BCUT2D eigenvalue weighted by Crippen LogP contribution is 2.09. The number of rotatable bonds is 9. The number of carbonyl (C=O) groups excluding carboxylic acids is 2. The predicted octanol–water partition coefficient (Wildman–Crippen LogP) is 1.86. The maximum Gasteiger partial charge on any atom is 0.407 e. The standard InChI is InChI=1S/C15H28N2O5S/c1-6-10(2)12(13(19)20)17-11(18)9-23-8-7-16-14(21)22-15(3,4)5/h10,12H,6-9H2,1-5H3,(H,16,21)(H,17,18)(H,19,20). The van der Waals surface area contributed by atoms with Crippen molar-refractivity contribution in [1.29, 1.82) is 0 Å². The highest BCUT2D eigenvalue weighted by Gasteiger charge is 2.25. The van der Waals surface area contributed by atoms with Crippen molar-refractivity contribution in [3.05, 3.63) is 0 Å². The molecule has 0 saturated heterocycles. The van der Waals surface area contributed by atoms with E-state index in [2.05, 4.69) is 10.6 Å². The predicted molar refractivity (Wildman–Crippen MR) is 90.6 cm³/mol. The summed E-state index contributed by atoms with van der Waals surface area (Å²) in [7, 11) is 0. The van der Waals surface area contributed by atoms with Crippen LogP contribution in [-0.4, -0.2) is 52.8 Å². The van der Waals surface area contributed by atoms with Gasteiger partial charge in [0, 0.05) is 12.3 Å². The number of hydrogen-bond donors (Lipinski definition) is 3. The van der Waals surface area contributed by atoms with Gasteiger partial charge in [-0.25, -0.2) is 9.59 Å². The molecule has 0 aliphatic heterocycles. The Labute approximate surface area is 141 Å². The number of aliphatic carboxylic acids is 1. The summed E-state index contributed by atoms with van der Waals surface area (Å²) in [6, 6.07) is -0.868. The topological polar surface area (TPSA) is 105 Å². The van der Waals surface area contributed by atoms with E-state index >= 15 is 0 Å². The van der Waals surface area contributed by atoms with Gasteiger partial charge >= 0.3 is 12.1 Å². The maximum absolute atomic E-state index is 11.8. The monoisotopic (exact) mass is 348 g/mol. The van der Waals surface area contributed by atoms with Crippen LogP contribution in [0, 0.1) is 5.92 Å². The average Bonchev–Trinajstić information content (AvgIpc) is 2.41. The van der Waals surface area contributed by atoms with E-state index in [9.17, 15) is 14.4 Å². The van der Waals surface area contributed by atoms with Crippen molar-refractivity contribution in [3.8, 4) is 0 Å². The minimum Gasteiger partial charge on any atom is -0.480 e. The molecule has 134 valence electrons. The second kappa shape index (κ2) is 10.4. The molecule has 0 aromatic heterocycles. The fourth-order valence-corrected chi connectivity index (χ4v) is 2.26. The molecule has 23 heavy (non-hydrogen) atoms. The molecule has 0 spiro atoms. The molecule has 0 radical (unpaired) electrons. The molecule has 2 atom stereocenters. The molecule has 0 heterocycles. The lowest BCUT2D eigenvalue weighted by molar-refractivity contribution is -0.143. The van der Waals surface area contributed by atoms with Crippen molar-refractivity contribution in [1.82, 2.24) is 10.6 Å². The second-order valence-electron chi connectivity index (χ2n) is 6.25. The van der Waals surface area contributed by atoms with E-state index in [-0.39, 0.29) is 17.6 Å². The number of carboxylic acids is 1. The van der Waals surface area contributed by atoms with Crippen LogP contribution in [0.25, 0.3) is 0 Å². The zero-order chi connectivity index (χ0) is 18.0. The van der Waals surface area contributed by atoms with E-state index in [4.69, 9.17) is 9.84 Å². The number of nitrogens with one attached hydrogen (secondary N) is 2. The summed E-state index contributed by atoms with van der Waals surface area (Å²) >= 11 is 1.32. The third kappa shape index (κ3) is 10.8. The molecule has 0 aromatic rings. The molecule has 0 bridgehead atoms. The maximum atomic E-state index is 11.8. The molecule has 8 heteroatoms. The summed E-state index contributed by atoms with van der Waals surface area (Å²) in [6.45, 7) is 9.38. The van der Waals surface area contributed by atoms with Crippen LogP contribution in [0.1, 0.15) is 41.0 Å². The molecule has 2 amide bonds. The number of alkyl carbamates (subject to hydrolysis) is 1. The lowest BCUT2D eigenvalue weighted by Gasteiger charge is -2.20. The Balaban J connectivity index is 3.94. The van der Waals surface area contributed by atoms with Crippen LogP contribution < -0.4 is 10.6 Å². The van der Waals surface area contributed by atoms with E-state index in [1.807, 2.05) is 6.92 Å². The van der Waals surface area contributed by atoms with Gasteiger partial charge in [0.25, 0.3) is 0 Å². The molecule has 0 fully saturated rings. The molecule has 0 saturated carbocycles. The van der Waals surface area contributed by atoms with E-state index in [1.54, 1.807) is 27.7 Å². The first-order valence-corrected chi connectivity index (χ1v) is 8.79. The van der Waals surface area contributed by atoms with Gasteiger partial charge in [-0.05, 0) is 26.7 Å².